The van der Waals surface area contributed by atoms with Crippen molar-refractivity contribution in [1.29, 1.82) is 0 Å². The Morgan fingerprint density at radius 3 is 2.33 bits per heavy atom. The minimum atomic E-state index is 0.917. The third-order valence-corrected chi connectivity index (χ3v) is 3.21. The molecule has 0 heterocycles. The van der Waals surface area contributed by atoms with Gasteiger partial charge in [0.25, 0.3) is 0 Å². The van der Waals surface area contributed by atoms with E-state index in [1.807, 2.05) is 12.1 Å². The Bertz CT molecular complexity index is 307. The minimum absolute atomic E-state index is 0.917. The third kappa shape index (κ3) is 5.52. The SMILES string of the molecule is CCN(CC)CCCNCc1ccc(OC)cc1. The fraction of sp³-hybridized carbons (Fsp3) is 0.600. The Kier molecular flexibility index (Phi) is 7.46. The maximum absolute atomic E-state index is 5.14. The van der Waals surface area contributed by atoms with Gasteiger partial charge >= 0.3 is 0 Å². The van der Waals surface area contributed by atoms with Crippen LogP contribution in [0.2, 0.25) is 0 Å². The van der Waals surface area contributed by atoms with Gasteiger partial charge in [0.15, 0.2) is 0 Å². The first-order chi connectivity index (χ1) is 8.80. The van der Waals surface area contributed by atoms with Gasteiger partial charge in [0.2, 0.25) is 0 Å². The predicted octanol–water partition coefficient (Wildman–Crippen LogP) is 2.52. The number of nitrogens with one attached hydrogen (secondary N) is 1. The Hall–Kier alpha value is -1.06. The van der Waals surface area contributed by atoms with Gasteiger partial charge in [-0.15, -0.1) is 0 Å². The molecule has 0 atom stereocenters. The van der Waals surface area contributed by atoms with E-state index in [9.17, 15) is 0 Å². The van der Waals surface area contributed by atoms with Gasteiger partial charge in [-0.25, -0.2) is 0 Å². The quantitative estimate of drug-likeness (QED) is 0.682. The van der Waals surface area contributed by atoms with E-state index in [1.54, 1.807) is 7.11 Å². The molecule has 0 aliphatic rings. The van der Waals surface area contributed by atoms with Gasteiger partial charge in [-0.05, 0) is 50.3 Å². The van der Waals surface area contributed by atoms with Crippen LogP contribution in [0.15, 0.2) is 24.3 Å². The second-order valence-electron chi connectivity index (χ2n) is 4.41. The fourth-order valence-corrected chi connectivity index (χ4v) is 1.94. The Morgan fingerprint density at radius 1 is 1.11 bits per heavy atom. The van der Waals surface area contributed by atoms with Crippen LogP contribution in [0.5, 0.6) is 5.75 Å². The summed E-state index contributed by atoms with van der Waals surface area (Å²) in [6.07, 6.45) is 1.21. The van der Waals surface area contributed by atoms with E-state index >= 15 is 0 Å². The molecule has 0 aliphatic heterocycles. The van der Waals surface area contributed by atoms with Crippen molar-refractivity contribution in [2.45, 2.75) is 26.8 Å². The molecule has 0 fully saturated rings. The van der Waals surface area contributed by atoms with Crippen molar-refractivity contribution in [2.75, 3.05) is 33.3 Å². The standard InChI is InChI=1S/C15H26N2O/c1-4-17(5-2)12-6-11-16-13-14-7-9-15(18-3)10-8-14/h7-10,16H,4-6,11-13H2,1-3H3. The number of benzene rings is 1. The Labute approximate surface area is 111 Å². The molecule has 0 aliphatic carbocycles. The van der Waals surface area contributed by atoms with Crippen molar-refractivity contribution in [3.63, 3.8) is 0 Å². The van der Waals surface area contributed by atoms with Crippen LogP contribution >= 0.6 is 0 Å². The zero-order valence-electron chi connectivity index (χ0n) is 11.9. The summed E-state index contributed by atoms with van der Waals surface area (Å²) in [5.41, 5.74) is 1.30. The van der Waals surface area contributed by atoms with Gasteiger partial charge in [-0.1, -0.05) is 26.0 Å². The van der Waals surface area contributed by atoms with Gasteiger partial charge in [0.1, 0.15) is 5.75 Å². The lowest BCUT2D eigenvalue weighted by molar-refractivity contribution is 0.298. The molecule has 0 amide bonds. The Balaban J connectivity index is 2.13. The van der Waals surface area contributed by atoms with Gasteiger partial charge in [-0.3, -0.25) is 0 Å². The topological polar surface area (TPSA) is 24.5 Å². The molecule has 0 saturated heterocycles. The molecular formula is C15H26N2O. The van der Waals surface area contributed by atoms with E-state index in [-0.39, 0.29) is 0 Å². The second-order valence-corrected chi connectivity index (χ2v) is 4.41. The van der Waals surface area contributed by atoms with E-state index in [4.69, 9.17) is 4.74 Å². The number of hydrogen-bond acceptors (Lipinski definition) is 3. The molecule has 3 nitrogen and oxygen atoms in total. The average molecular weight is 250 g/mol. The molecule has 0 unspecified atom stereocenters. The van der Waals surface area contributed by atoms with Crippen molar-refractivity contribution in [3.05, 3.63) is 29.8 Å². The molecule has 0 aromatic heterocycles. The monoisotopic (exact) mass is 250 g/mol. The molecule has 3 heteroatoms. The highest BCUT2D eigenvalue weighted by atomic mass is 16.5. The largest absolute Gasteiger partial charge is 0.497 e. The predicted molar refractivity (Wildman–Crippen MR) is 77.1 cm³/mol. The van der Waals surface area contributed by atoms with Crippen LogP contribution in [0.25, 0.3) is 0 Å². The van der Waals surface area contributed by atoms with E-state index in [1.165, 1.54) is 18.5 Å². The second kappa shape index (κ2) is 8.95. The summed E-state index contributed by atoms with van der Waals surface area (Å²) < 4.78 is 5.14. The summed E-state index contributed by atoms with van der Waals surface area (Å²) in [6, 6.07) is 8.23. The molecule has 0 spiro atoms. The van der Waals surface area contributed by atoms with Crippen molar-refractivity contribution < 1.29 is 4.74 Å². The maximum Gasteiger partial charge on any atom is 0.118 e. The molecule has 102 valence electrons. The molecule has 1 aromatic rings. The first-order valence-electron chi connectivity index (χ1n) is 6.86. The number of ether oxygens (including phenoxy) is 1. The van der Waals surface area contributed by atoms with Gasteiger partial charge < -0.3 is 15.0 Å². The molecule has 1 N–H and O–H groups in total. The van der Waals surface area contributed by atoms with Gasteiger partial charge in [-0.2, -0.15) is 0 Å². The maximum atomic E-state index is 5.14. The highest BCUT2D eigenvalue weighted by Gasteiger charge is 1.98. The molecule has 0 radical (unpaired) electrons. The van der Waals surface area contributed by atoms with Crippen molar-refractivity contribution in [2.24, 2.45) is 0 Å². The summed E-state index contributed by atoms with van der Waals surface area (Å²) in [5, 5.41) is 3.48. The molecule has 0 saturated carbocycles. The highest BCUT2D eigenvalue weighted by Crippen LogP contribution is 2.10. The lowest BCUT2D eigenvalue weighted by atomic mass is 10.2. The molecular weight excluding hydrogens is 224 g/mol. The van der Waals surface area contributed by atoms with E-state index < -0.39 is 0 Å². The zero-order valence-corrected chi connectivity index (χ0v) is 11.9. The smallest absolute Gasteiger partial charge is 0.118 e. The lowest BCUT2D eigenvalue weighted by Crippen LogP contribution is -2.27. The minimum Gasteiger partial charge on any atom is -0.497 e. The first-order valence-corrected chi connectivity index (χ1v) is 6.86. The normalized spacial score (nSPS) is 10.9. The highest BCUT2D eigenvalue weighted by molar-refractivity contribution is 5.26. The lowest BCUT2D eigenvalue weighted by Gasteiger charge is -2.17. The van der Waals surface area contributed by atoms with Crippen LogP contribution in [-0.2, 0) is 6.54 Å². The Morgan fingerprint density at radius 2 is 1.78 bits per heavy atom. The molecule has 18 heavy (non-hydrogen) atoms. The van der Waals surface area contributed by atoms with Crippen molar-refractivity contribution >= 4 is 0 Å². The van der Waals surface area contributed by atoms with Crippen molar-refractivity contribution in [3.8, 4) is 5.75 Å². The van der Waals surface area contributed by atoms with Gasteiger partial charge in [0.05, 0.1) is 7.11 Å². The van der Waals surface area contributed by atoms with E-state index in [2.05, 4.69) is 36.2 Å². The van der Waals surface area contributed by atoms with Crippen LogP contribution in [-0.4, -0.2) is 38.2 Å². The summed E-state index contributed by atoms with van der Waals surface area (Å²) >= 11 is 0. The summed E-state index contributed by atoms with van der Waals surface area (Å²) in [5.74, 6) is 0.917. The third-order valence-electron chi connectivity index (χ3n) is 3.21. The van der Waals surface area contributed by atoms with Crippen LogP contribution in [0, 0.1) is 0 Å². The number of rotatable bonds is 9. The summed E-state index contributed by atoms with van der Waals surface area (Å²) in [6.45, 7) is 9.92. The number of nitrogens with zero attached hydrogens (tertiary/aromatic N) is 1. The van der Waals surface area contributed by atoms with Crippen LogP contribution in [0.4, 0.5) is 0 Å². The van der Waals surface area contributed by atoms with E-state index in [0.29, 0.717) is 0 Å². The number of methoxy groups -OCH3 is 1. The van der Waals surface area contributed by atoms with Gasteiger partial charge in [0, 0.05) is 6.54 Å². The fourth-order valence-electron chi connectivity index (χ4n) is 1.94. The van der Waals surface area contributed by atoms with Crippen molar-refractivity contribution in [1.82, 2.24) is 10.2 Å². The number of hydrogen-bond donors (Lipinski definition) is 1. The molecule has 1 rings (SSSR count). The van der Waals surface area contributed by atoms with Crippen LogP contribution in [0.1, 0.15) is 25.8 Å². The van der Waals surface area contributed by atoms with Crippen LogP contribution < -0.4 is 10.1 Å². The first kappa shape index (κ1) is 15.0. The average Bonchev–Trinajstić information content (AvgIpc) is 2.43. The van der Waals surface area contributed by atoms with Crippen LogP contribution in [0.3, 0.4) is 0 Å². The summed E-state index contributed by atoms with van der Waals surface area (Å²) in [7, 11) is 1.69. The zero-order chi connectivity index (χ0) is 13.2. The molecule has 1 aromatic carbocycles. The molecule has 0 bridgehead atoms. The van der Waals surface area contributed by atoms with E-state index in [0.717, 1.165) is 31.9 Å². The summed E-state index contributed by atoms with van der Waals surface area (Å²) in [4.78, 5) is 2.45.